The molecule has 2 aromatic rings. The van der Waals surface area contributed by atoms with Crippen LogP contribution < -0.4 is 5.32 Å². The summed E-state index contributed by atoms with van der Waals surface area (Å²) in [5.41, 5.74) is 2.57. The first-order valence-corrected chi connectivity index (χ1v) is 12.3. The zero-order chi connectivity index (χ0) is 22.2. The lowest BCUT2D eigenvalue weighted by Gasteiger charge is -2.14. The molecule has 7 nitrogen and oxygen atoms in total. The van der Waals surface area contributed by atoms with Gasteiger partial charge in [-0.05, 0) is 61.3 Å². The Morgan fingerprint density at radius 3 is 2.52 bits per heavy atom. The summed E-state index contributed by atoms with van der Waals surface area (Å²) in [5.74, 6) is 0.350. The second-order valence-electron chi connectivity index (χ2n) is 8.42. The van der Waals surface area contributed by atoms with Crippen LogP contribution in [-0.2, 0) is 19.4 Å². The fraction of sp³-hybridized carbons (Fsp3) is 0.391. The average molecular weight is 440 g/mol. The molecule has 0 unspecified atom stereocenters. The van der Waals surface area contributed by atoms with E-state index in [4.69, 9.17) is 0 Å². The van der Waals surface area contributed by atoms with Gasteiger partial charge in [0.25, 0.3) is 5.91 Å². The number of carbonyl (C=O) groups is 2. The Balaban J connectivity index is 1.73. The van der Waals surface area contributed by atoms with Gasteiger partial charge in [0, 0.05) is 24.7 Å². The first-order chi connectivity index (χ1) is 14.7. The molecule has 2 aliphatic rings. The van der Waals surface area contributed by atoms with Crippen molar-refractivity contribution in [1.29, 1.82) is 0 Å². The number of ketones is 1. The molecule has 1 atom stereocenters. The van der Waals surface area contributed by atoms with Crippen molar-refractivity contribution >= 4 is 32.9 Å². The molecule has 2 aliphatic carbocycles. The van der Waals surface area contributed by atoms with Crippen molar-refractivity contribution in [2.45, 2.75) is 49.8 Å². The number of aromatic nitrogens is 2. The van der Waals surface area contributed by atoms with Gasteiger partial charge in [-0.15, -0.1) is 0 Å². The number of aryl methyl sites for hydroxylation is 1. The van der Waals surface area contributed by atoms with Crippen LogP contribution in [0.1, 0.15) is 54.8 Å². The lowest BCUT2D eigenvalue weighted by Crippen LogP contribution is -2.16. The summed E-state index contributed by atoms with van der Waals surface area (Å²) in [6, 6.07) is 5.08. The highest BCUT2D eigenvalue weighted by Crippen LogP contribution is 2.44. The van der Waals surface area contributed by atoms with Crippen molar-refractivity contribution in [1.82, 2.24) is 9.97 Å². The summed E-state index contributed by atoms with van der Waals surface area (Å²) in [7, 11) is -3.37. The molecule has 1 aromatic carbocycles. The van der Waals surface area contributed by atoms with E-state index < -0.39 is 9.84 Å². The van der Waals surface area contributed by atoms with Crippen LogP contribution in [0.2, 0.25) is 0 Å². The molecule has 0 saturated heterocycles. The summed E-state index contributed by atoms with van der Waals surface area (Å²) < 4.78 is 24.5. The minimum atomic E-state index is -3.37. The van der Waals surface area contributed by atoms with Gasteiger partial charge in [0.2, 0.25) is 0 Å². The summed E-state index contributed by atoms with van der Waals surface area (Å²) in [5, 5.41) is 2.78. The van der Waals surface area contributed by atoms with Crippen LogP contribution >= 0.6 is 0 Å². The van der Waals surface area contributed by atoms with Gasteiger partial charge >= 0.3 is 0 Å². The van der Waals surface area contributed by atoms with Gasteiger partial charge in [0.05, 0.1) is 23.0 Å². The van der Waals surface area contributed by atoms with Crippen LogP contribution in [0.15, 0.2) is 41.6 Å². The third kappa shape index (κ3) is 5.07. The first kappa shape index (κ1) is 21.4. The number of nitrogens with one attached hydrogen (secondary N) is 1. The molecule has 1 aromatic heterocycles. The number of allylic oxidation sites excluding steroid dienone is 1. The van der Waals surface area contributed by atoms with Crippen molar-refractivity contribution in [3.8, 4) is 0 Å². The zero-order valence-corrected chi connectivity index (χ0v) is 18.4. The maximum Gasteiger partial charge on any atom is 0.257 e. The molecule has 0 spiro atoms. The highest BCUT2D eigenvalue weighted by Gasteiger charge is 2.30. The Hall–Kier alpha value is -2.87. The molecule has 2 fully saturated rings. The van der Waals surface area contributed by atoms with Crippen LogP contribution in [-0.4, -0.2) is 36.3 Å². The van der Waals surface area contributed by atoms with Gasteiger partial charge in [0.1, 0.15) is 5.78 Å². The molecule has 1 heterocycles. The Labute approximate surface area is 181 Å². The molecule has 4 rings (SSSR count). The number of sulfone groups is 1. The van der Waals surface area contributed by atoms with E-state index in [1.165, 1.54) is 12.5 Å². The fourth-order valence-electron chi connectivity index (χ4n) is 3.93. The van der Waals surface area contributed by atoms with E-state index in [0.29, 0.717) is 41.1 Å². The van der Waals surface area contributed by atoms with E-state index in [9.17, 15) is 18.0 Å². The van der Waals surface area contributed by atoms with Gasteiger partial charge in [-0.25, -0.2) is 13.4 Å². The Bertz CT molecular complexity index is 1170. The normalized spacial score (nSPS) is 19.5. The minimum absolute atomic E-state index is 0.0173. The van der Waals surface area contributed by atoms with E-state index in [-0.39, 0.29) is 23.5 Å². The van der Waals surface area contributed by atoms with Crippen molar-refractivity contribution in [2.75, 3.05) is 11.6 Å². The monoisotopic (exact) mass is 439 g/mol. The van der Waals surface area contributed by atoms with Gasteiger partial charge in [-0.3, -0.25) is 14.6 Å². The van der Waals surface area contributed by atoms with E-state index in [0.717, 1.165) is 24.1 Å². The van der Waals surface area contributed by atoms with Gasteiger partial charge < -0.3 is 5.32 Å². The molecule has 1 amide bonds. The van der Waals surface area contributed by atoms with Gasteiger partial charge in [0.15, 0.2) is 15.7 Å². The second kappa shape index (κ2) is 8.34. The van der Waals surface area contributed by atoms with Crippen molar-refractivity contribution in [3.05, 3.63) is 53.5 Å². The summed E-state index contributed by atoms with van der Waals surface area (Å²) in [4.78, 5) is 33.6. The van der Waals surface area contributed by atoms with E-state index in [1.807, 2.05) is 19.1 Å². The average Bonchev–Trinajstić information content (AvgIpc) is 3.48. The second-order valence-corrected chi connectivity index (χ2v) is 10.4. The fourth-order valence-corrected chi connectivity index (χ4v) is 4.90. The van der Waals surface area contributed by atoms with E-state index >= 15 is 0 Å². The molecule has 162 valence electrons. The number of carbonyl (C=O) groups excluding carboxylic acids is 2. The number of amides is 1. The number of Topliss-reactive ketones (excluding diaryl/α,β-unsaturated/α-hetero) is 1. The van der Waals surface area contributed by atoms with Crippen molar-refractivity contribution in [2.24, 2.45) is 5.92 Å². The molecule has 0 bridgehead atoms. The molecule has 0 aliphatic heterocycles. The minimum Gasteiger partial charge on any atom is -0.305 e. The third-order valence-corrected chi connectivity index (χ3v) is 6.86. The summed E-state index contributed by atoms with van der Waals surface area (Å²) >= 11 is 0. The number of anilines is 1. The predicted molar refractivity (Wildman–Crippen MR) is 117 cm³/mol. The van der Waals surface area contributed by atoms with Crippen LogP contribution in [0.3, 0.4) is 0 Å². The van der Waals surface area contributed by atoms with E-state index in [2.05, 4.69) is 15.3 Å². The molecular weight excluding hydrogens is 414 g/mol. The molecule has 8 heteroatoms. The standard InChI is InChI=1S/C23H25N3O4S/c1-14-12-25-22(13-24-14)26-23(28)20(10-15-3-7-18(27)9-15)17-6-8-21(31(2,29)30)19(11-17)16-4-5-16/h6,8,10-13,15-16H,3-5,7,9H2,1-2H3,(H,25,26,28)/b20-10+/t15-/m0/s1. The highest BCUT2D eigenvalue weighted by molar-refractivity contribution is 7.90. The van der Waals surface area contributed by atoms with Crippen LogP contribution in [0.25, 0.3) is 5.57 Å². The SMILES string of the molecule is Cc1cnc(NC(=O)/C(=C/[C@H]2CCC(=O)C2)c2ccc(S(C)(=O)=O)c(C3CC3)c2)cn1. The number of benzene rings is 1. The number of hydrogen-bond acceptors (Lipinski definition) is 6. The molecule has 31 heavy (non-hydrogen) atoms. The lowest BCUT2D eigenvalue weighted by molar-refractivity contribution is -0.117. The maximum absolute atomic E-state index is 13.2. The van der Waals surface area contributed by atoms with Crippen molar-refractivity contribution in [3.63, 3.8) is 0 Å². The van der Waals surface area contributed by atoms with Crippen LogP contribution in [0.4, 0.5) is 5.82 Å². The summed E-state index contributed by atoms with van der Waals surface area (Å²) in [6.45, 7) is 1.81. The molecule has 1 N–H and O–H groups in total. The third-order valence-electron chi connectivity index (χ3n) is 5.69. The smallest absolute Gasteiger partial charge is 0.257 e. The summed E-state index contributed by atoms with van der Waals surface area (Å²) in [6.07, 6.45) is 9.62. The Morgan fingerprint density at radius 1 is 1.16 bits per heavy atom. The predicted octanol–water partition coefficient (Wildman–Crippen LogP) is 3.46. The number of nitrogens with zero attached hydrogens (tertiary/aromatic N) is 2. The van der Waals surface area contributed by atoms with Gasteiger partial charge in [-0.2, -0.15) is 0 Å². The maximum atomic E-state index is 13.2. The molecule has 2 saturated carbocycles. The van der Waals surface area contributed by atoms with Crippen LogP contribution in [0.5, 0.6) is 0 Å². The quantitative estimate of drug-likeness (QED) is 0.691. The lowest BCUT2D eigenvalue weighted by atomic mass is 9.95. The number of rotatable bonds is 6. The highest BCUT2D eigenvalue weighted by atomic mass is 32.2. The zero-order valence-electron chi connectivity index (χ0n) is 17.6. The van der Waals surface area contributed by atoms with Crippen molar-refractivity contribution < 1.29 is 18.0 Å². The molecular formula is C23H25N3O4S. The van der Waals surface area contributed by atoms with Gasteiger partial charge in [-0.1, -0.05) is 12.1 Å². The van der Waals surface area contributed by atoms with E-state index in [1.54, 1.807) is 18.3 Å². The number of hydrogen-bond donors (Lipinski definition) is 1. The largest absolute Gasteiger partial charge is 0.305 e. The molecule has 0 radical (unpaired) electrons. The van der Waals surface area contributed by atoms with Crippen LogP contribution in [0, 0.1) is 12.8 Å². The Kier molecular flexibility index (Phi) is 5.75. The topological polar surface area (TPSA) is 106 Å². The first-order valence-electron chi connectivity index (χ1n) is 10.4. The Morgan fingerprint density at radius 2 is 1.94 bits per heavy atom.